The fourth-order valence-corrected chi connectivity index (χ4v) is 2.43. The minimum Gasteiger partial charge on any atom is -0.378 e. The number of carbonyl (C=O) groups is 1. The summed E-state index contributed by atoms with van der Waals surface area (Å²) < 4.78 is 0. The summed E-state index contributed by atoms with van der Waals surface area (Å²) in [6, 6.07) is 16.0. The maximum atomic E-state index is 11.9. The third-order valence-electron chi connectivity index (χ3n) is 3.71. The fraction of sp³-hybridized carbons (Fsp3) is 0.158. The predicted molar refractivity (Wildman–Crippen MR) is 95.4 cm³/mol. The van der Waals surface area contributed by atoms with Gasteiger partial charge < -0.3 is 10.3 Å². The standard InChI is InChI=1S/C19H19N3O/c1-14-4-2-3-5-18(14)22-13-17(23)12-20-11-15-6-7-19-16(10-15)8-9-21-19/h2-11,21-22H,12-13H2,1H3. The molecule has 0 atom stereocenters. The number of benzene rings is 2. The lowest BCUT2D eigenvalue weighted by Crippen LogP contribution is -2.16. The van der Waals surface area contributed by atoms with Crippen molar-refractivity contribution in [2.24, 2.45) is 4.99 Å². The number of rotatable bonds is 6. The number of fused-ring (bicyclic) bond motifs is 1. The van der Waals surface area contributed by atoms with Gasteiger partial charge in [0, 0.05) is 23.6 Å². The Hall–Kier alpha value is -2.88. The lowest BCUT2D eigenvalue weighted by molar-refractivity contribution is -0.116. The highest BCUT2D eigenvalue weighted by molar-refractivity contribution is 5.91. The summed E-state index contributed by atoms with van der Waals surface area (Å²) in [5.74, 6) is 0.0622. The number of aryl methyl sites for hydroxylation is 1. The molecule has 2 aromatic carbocycles. The van der Waals surface area contributed by atoms with Crippen molar-refractivity contribution in [2.75, 3.05) is 18.4 Å². The van der Waals surface area contributed by atoms with E-state index >= 15 is 0 Å². The molecule has 116 valence electrons. The molecule has 0 unspecified atom stereocenters. The number of hydrogen-bond donors (Lipinski definition) is 2. The first-order valence-electron chi connectivity index (χ1n) is 7.60. The van der Waals surface area contributed by atoms with E-state index in [1.165, 1.54) is 0 Å². The van der Waals surface area contributed by atoms with E-state index in [1.54, 1.807) is 6.21 Å². The Morgan fingerprint density at radius 2 is 2.09 bits per heavy atom. The zero-order chi connectivity index (χ0) is 16.1. The van der Waals surface area contributed by atoms with Crippen molar-refractivity contribution in [3.8, 4) is 0 Å². The number of aliphatic imine (C=N–C) groups is 1. The van der Waals surface area contributed by atoms with Crippen LogP contribution >= 0.6 is 0 Å². The Morgan fingerprint density at radius 3 is 2.96 bits per heavy atom. The molecule has 3 rings (SSSR count). The van der Waals surface area contributed by atoms with Crippen LogP contribution in [-0.2, 0) is 4.79 Å². The maximum Gasteiger partial charge on any atom is 0.173 e. The first kappa shape index (κ1) is 15.0. The summed E-state index contributed by atoms with van der Waals surface area (Å²) in [6.07, 6.45) is 3.66. The molecule has 0 aliphatic rings. The number of Topliss-reactive ketones (excluding diaryl/α,β-unsaturated/α-hetero) is 1. The molecule has 4 nitrogen and oxygen atoms in total. The van der Waals surface area contributed by atoms with Crippen LogP contribution in [0.15, 0.2) is 59.7 Å². The molecular formula is C19H19N3O. The Kier molecular flexibility index (Phi) is 4.52. The van der Waals surface area contributed by atoms with Gasteiger partial charge in [-0.25, -0.2) is 0 Å². The van der Waals surface area contributed by atoms with E-state index in [9.17, 15) is 4.79 Å². The van der Waals surface area contributed by atoms with Crippen LogP contribution in [0.2, 0.25) is 0 Å². The van der Waals surface area contributed by atoms with Gasteiger partial charge in [0.05, 0.1) is 13.1 Å². The van der Waals surface area contributed by atoms with Crippen LogP contribution in [0.3, 0.4) is 0 Å². The van der Waals surface area contributed by atoms with E-state index in [0.717, 1.165) is 27.7 Å². The van der Waals surface area contributed by atoms with Crippen LogP contribution in [0.4, 0.5) is 5.69 Å². The van der Waals surface area contributed by atoms with Crippen molar-refractivity contribution in [2.45, 2.75) is 6.92 Å². The van der Waals surface area contributed by atoms with Crippen molar-refractivity contribution in [1.29, 1.82) is 0 Å². The highest BCUT2D eigenvalue weighted by Gasteiger charge is 2.02. The van der Waals surface area contributed by atoms with Gasteiger partial charge in [0.15, 0.2) is 5.78 Å². The quantitative estimate of drug-likeness (QED) is 0.684. The van der Waals surface area contributed by atoms with E-state index < -0.39 is 0 Å². The Labute approximate surface area is 135 Å². The van der Waals surface area contributed by atoms with Gasteiger partial charge in [-0.3, -0.25) is 9.79 Å². The largest absolute Gasteiger partial charge is 0.378 e. The monoisotopic (exact) mass is 305 g/mol. The number of aromatic nitrogens is 1. The van der Waals surface area contributed by atoms with Crippen molar-refractivity contribution in [1.82, 2.24) is 4.98 Å². The number of nitrogens with one attached hydrogen (secondary N) is 2. The molecule has 3 aromatic rings. The topological polar surface area (TPSA) is 57.2 Å². The van der Waals surface area contributed by atoms with Crippen LogP contribution in [0, 0.1) is 6.92 Å². The highest BCUT2D eigenvalue weighted by atomic mass is 16.1. The zero-order valence-electron chi connectivity index (χ0n) is 13.0. The van der Waals surface area contributed by atoms with Crippen molar-refractivity contribution in [3.63, 3.8) is 0 Å². The Bertz CT molecular complexity index is 848. The lowest BCUT2D eigenvalue weighted by atomic mass is 10.2. The second kappa shape index (κ2) is 6.92. The molecule has 0 radical (unpaired) electrons. The predicted octanol–water partition coefficient (Wildman–Crippen LogP) is 3.58. The fourth-order valence-electron chi connectivity index (χ4n) is 2.43. The number of aromatic amines is 1. The molecule has 0 saturated heterocycles. The molecule has 0 spiro atoms. The van der Waals surface area contributed by atoms with Gasteiger partial charge >= 0.3 is 0 Å². The van der Waals surface area contributed by atoms with Gasteiger partial charge in [-0.1, -0.05) is 24.3 Å². The third-order valence-corrected chi connectivity index (χ3v) is 3.71. The number of hydrogen-bond acceptors (Lipinski definition) is 3. The van der Waals surface area contributed by atoms with E-state index in [2.05, 4.69) is 15.3 Å². The first-order valence-corrected chi connectivity index (χ1v) is 7.60. The van der Waals surface area contributed by atoms with Crippen LogP contribution in [0.25, 0.3) is 10.9 Å². The van der Waals surface area contributed by atoms with E-state index in [-0.39, 0.29) is 12.3 Å². The number of H-pyrrole nitrogens is 1. The van der Waals surface area contributed by atoms with Crippen LogP contribution < -0.4 is 5.32 Å². The molecule has 0 saturated carbocycles. The Balaban J connectivity index is 1.53. The van der Waals surface area contributed by atoms with Crippen LogP contribution in [0.1, 0.15) is 11.1 Å². The smallest absolute Gasteiger partial charge is 0.173 e. The number of para-hydroxylation sites is 1. The summed E-state index contributed by atoms with van der Waals surface area (Å²) in [5, 5.41) is 4.29. The molecule has 1 aromatic heterocycles. The normalized spacial score (nSPS) is 11.2. The second-order valence-electron chi connectivity index (χ2n) is 5.50. The lowest BCUT2D eigenvalue weighted by Gasteiger charge is -2.07. The minimum absolute atomic E-state index is 0.0622. The summed E-state index contributed by atoms with van der Waals surface area (Å²) in [5.41, 5.74) is 4.21. The molecular weight excluding hydrogens is 286 g/mol. The first-order chi connectivity index (χ1) is 11.2. The molecule has 0 aliphatic heterocycles. The minimum atomic E-state index is 0.0622. The summed E-state index contributed by atoms with van der Waals surface area (Å²) in [7, 11) is 0. The van der Waals surface area contributed by atoms with Gasteiger partial charge in [-0.2, -0.15) is 0 Å². The number of ketones is 1. The van der Waals surface area contributed by atoms with Gasteiger partial charge in [0.2, 0.25) is 0 Å². The molecule has 1 heterocycles. The summed E-state index contributed by atoms with van der Waals surface area (Å²) in [4.78, 5) is 19.3. The van der Waals surface area contributed by atoms with Crippen molar-refractivity contribution < 1.29 is 4.79 Å². The number of nitrogens with zero attached hydrogens (tertiary/aromatic N) is 1. The van der Waals surface area contributed by atoms with Gasteiger partial charge in [-0.05, 0) is 47.7 Å². The molecule has 0 aliphatic carbocycles. The van der Waals surface area contributed by atoms with E-state index in [4.69, 9.17) is 0 Å². The summed E-state index contributed by atoms with van der Waals surface area (Å²) in [6.45, 7) is 2.49. The van der Waals surface area contributed by atoms with E-state index in [0.29, 0.717) is 6.54 Å². The average Bonchev–Trinajstić information content (AvgIpc) is 3.02. The molecule has 23 heavy (non-hydrogen) atoms. The second-order valence-corrected chi connectivity index (χ2v) is 5.50. The molecule has 0 bridgehead atoms. The van der Waals surface area contributed by atoms with Gasteiger partial charge in [-0.15, -0.1) is 0 Å². The third kappa shape index (κ3) is 3.86. The molecule has 4 heteroatoms. The number of anilines is 1. The SMILES string of the molecule is Cc1ccccc1NCC(=O)CN=Cc1ccc2[nH]ccc2c1. The molecule has 2 N–H and O–H groups in total. The van der Waals surface area contributed by atoms with Crippen LogP contribution in [-0.4, -0.2) is 30.1 Å². The van der Waals surface area contributed by atoms with E-state index in [1.807, 2.05) is 61.7 Å². The Morgan fingerprint density at radius 1 is 1.22 bits per heavy atom. The van der Waals surface area contributed by atoms with Gasteiger partial charge in [0.1, 0.15) is 0 Å². The van der Waals surface area contributed by atoms with Gasteiger partial charge in [0.25, 0.3) is 0 Å². The number of carbonyl (C=O) groups excluding carboxylic acids is 1. The zero-order valence-corrected chi connectivity index (χ0v) is 13.0. The average molecular weight is 305 g/mol. The molecule has 0 amide bonds. The van der Waals surface area contributed by atoms with Crippen LogP contribution in [0.5, 0.6) is 0 Å². The van der Waals surface area contributed by atoms with Crippen molar-refractivity contribution in [3.05, 3.63) is 65.9 Å². The maximum absolute atomic E-state index is 11.9. The molecule has 0 fully saturated rings. The van der Waals surface area contributed by atoms with Crippen molar-refractivity contribution >= 4 is 28.6 Å². The highest BCUT2D eigenvalue weighted by Crippen LogP contribution is 2.13. The summed E-state index contributed by atoms with van der Waals surface area (Å²) >= 11 is 0.